The lowest BCUT2D eigenvalue weighted by Gasteiger charge is -2.13. The summed E-state index contributed by atoms with van der Waals surface area (Å²) in [4.78, 5) is 13.9. The second-order valence-electron chi connectivity index (χ2n) is 11.0. The van der Waals surface area contributed by atoms with Crippen molar-refractivity contribution in [3.63, 3.8) is 0 Å². The minimum absolute atomic E-state index is 0.165. The molecule has 0 atom stereocenters. The van der Waals surface area contributed by atoms with Crippen molar-refractivity contribution in [1.82, 2.24) is 15.0 Å². The van der Waals surface area contributed by atoms with Crippen molar-refractivity contribution in [2.45, 2.75) is 0 Å². The lowest BCUT2D eigenvalue weighted by Crippen LogP contribution is -1.98. The molecule has 212 valence electrons. The van der Waals surface area contributed by atoms with Crippen LogP contribution < -0.4 is 0 Å². The number of nitrogens with zero attached hydrogens (tertiary/aromatic N) is 3. The van der Waals surface area contributed by atoms with Crippen molar-refractivity contribution in [3.8, 4) is 56.2 Å². The van der Waals surface area contributed by atoms with Crippen molar-refractivity contribution in [2.75, 3.05) is 0 Å². The minimum Gasteiger partial charge on any atom is -0.208 e. The molecule has 0 N–H and O–H groups in total. The van der Waals surface area contributed by atoms with E-state index in [-0.39, 0.29) is 5.28 Å². The van der Waals surface area contributed by atoms with Crippen LogP contribution in [0.2, 0.25) is 5.28 Å². The first-order valence-corrected chi connectivity index (χ1v) is 15.3. The third-order valence-electron chi connectivity index (χ3n) is 8.30. The van der Waals surface area contributed by atoms with Gasteiger partial charge in [0, 0.05) is 11.1 Å². The second kappa shape index (κ2) is 11.5. The van der Waals surface area contributed by atoms with Gasteiger partial charge < -0.3 is 0 Å². The number of benzene rings is 7. The molecule has 0 saturated heterocycles. The maximum absolute atomic E-state index is 6.51. The number of aromatic nitrogens is 3. The molecule has 45 heavy (non-hydrogen) atoms. The van der Waals surface area contributed by atoms with E-state index in [2.05, 4.69) is 149 Å². The molecule has 0 amide bonds. The molecule has 0 unspecified atom stereocenters. The van der Waals surface area contributed by atoms with Crippen molar-refractivity contribution in [2.24, 2.45) is 0 Å². The Bertz CT molecular complexity index is 2320. The average molecular weight is 596 g/mol. The molecule has 3 nitrogen and oxygen atoms in total. The van der Waals surface area contributed by atoms with E-state index >= 15 is 0 Å². The van der Waals surface area contributed by atoms with Gasteiger partial charge in [0.15, 0.2) is 11.6 Å². The second-order valence-corrected chi connectivity index (χ2v) is 11.3. The number of halogens is 1. The Morgan fingerprint density at radius 2 is 0.911 bits per heavy atom. The maximum Gasteiger partial charge on any atom is 0.226 e. The van der Waals surface area contributed by atoms with Gasteiger partial charge in [0.25, 0.3) is 0 Å². The largest absolute Gasteiger partial charge is 0.226 e. The summed E-state index contributed by atoms with van der Waals surface area (Å²) in [6.45, 7) is 0. The van der Waals surface area contributed by atoms with Gasteiger partial charge in [0.1, 0.15) is 0 Å². The SMILES string of the molecule is Clc1nc(-c2ccc(-c3ccccc3-c3cccc4ccccc34)cc2)nc(-c2cccc3cc(-c4ccccc4)ccc23)n1. The smallest absolute Gasteiger partial charge is 0.208 e. The lowest BCUT2D eigenvalue weighted by molar-refractivity contribution is 1.07. The molecule has 0 aliphatic carbocycles. The van der Waals surface area contributed by atoms with Crippen molar-refractivity contribution in [3.05, 3.63) is 163 Å². The zero-order valence-corrected chi connectivity index (χ0v) is 25.0. The van der Waals surface area contributed by atoms with Gasteiger partial charge in [0.05, 0.1) is 0 Å². The molecule has 1 heterocycles. The van der Waals surface area contributed by atoms with E-state index in [1.54, 1.807) is 0 Å². The van der Waals surface area contributed by atoms with Gasteiger partial charge in [-0.25, -0.2) is 4.98 Å². The number of fused-ring (bicyclic) bond motifs is 2. The molecule has 1 aromatic heterocycles. The van der Waals surface area contributed by atoms with Crippen LogP contribution in [0.15, 0.2) is 158 Å². The first kappa shape index (κ1) is 26.9. The van der Waals surface area contributed by atoms with Crippen LogP contribution in [0.5, 0.6) is 0 Å². The molecule has 7 aromatic carbocycles. The van der Waals surface area contributed by atoms with Gasteiger partial charge in [-0.1, -0.05) is 152 Å². The lowest BCUT2D eigenvalue weighted by atomic mass is 9.91. The summed E-state index contributed by atoms with van der Waals surface area (Å²) < 4.78 is 0. The molecular weight excluding hydrogens is 570 g/mol. The topological polar surface area (TPSA) is 38.7 Å². The first-order chi connectivity index (χ1) is 22.2. The van der Waals surface area contributed by atoms with Gasteiger partial charge in [-0.3, -0.25) is 0 Å². The summed E-state index contributed by atoms with van der Waals surface area (Å²) in [5.74, 6) is 1.09. The third-order valence-corrected chi connectivity index (χ3v) is 8.47. The van der Waals surface area contributed by atoms with Crippen LogP contribution in [0.4, 0.5) is 0 Å². The quantitative estimate of drug-likeness (QED) is 0.199. The Morgan fingerprint density at radius 3 is 1.76 bits per heavy atom. The highest BCUT2D eigenvalue weighted by Crippen LogP contribution is 2.37. The monoisotopic (exact) mass is 595 g/mol. The van der Waals surface area contributed by atoms with Gasteiger partial charge in [-0.05, 0) is 72.6 Å². The van der Waals surface area contributed by atoms with Gasteiger partial charge in [0.2, 0.25) is 5.28 Å². The van der Waals surface area contributed by atoms with E-state index in [4.69, 9.17) is 16.6 Å². The first-order valence-electron chi connectivity index (χ1n) is 14.9. The van der Waals surface area contributed by atoms with Crippen LogP contribution in [0, 0.1) is 0 Å². The van der Waals surface area contributed by atoms with E-state index in [1.807, 2.05) is 18.2 Å². The Labute approximate surface area is 266 Å². The van der Waals surface area contributed by atoms with Crippen molar-refractivity contribution in [1.29, 1.82) is 0 Å². The fourth-order valence-electron chi connectivity index (χ4n) is 6.12. The van der Waals surface area contributed by atoms with Crippen molar-refractivity contribution < 1.29 is 0 Å². The fourth-order valence-corrected chi connectivity index (χ4v) is 6.28. The highest BCUT2D eigenvalue weighted by atomic mass is 35.5. The normalized spacial score (nSPS) is 11.2. The number of hydrogen-bond acceptors (Lipinski definition) is 3. The number of rotatable bonds is 5. The predicted octanol–water partition coefficient (Wildman–Crippen LogP) is 11.2. The van der Waals surface area contributed by atoms with E-state index in [9.17, 15) is 0 Å². The predicted molar refractivity (Wildman–Crippen MR) is 187 cm³/mol. The van der Waals surface area contributed by atoms with Crippen LogP contribution in [0.3, 0.4) is 0 Å². The van der Waals surface area contributed by atoms with Crippen molar-refractivity contribution >= 4 is 33.1 Å². The summed E-state index contributed by atoms with van der Waals surface area (Å²) in [7, 11) is 0. The summed E-state index contributed by atoms with van der Waals surface area (Å²) >= 11 is 6.51. The molecule has 0 radical (unpaired) electrons. The summed E-state index contributed by atoms with van der Waals surface area (Å²) in [6.07, 6.45) is 0. The van der Waals surface area contributed by atoms with E-state index < -0.39 is 0 Å². The average Bonchev–Trinajstić information content (AvgIpc) is 3.11. The molecule has 0 fully saturated rings. The molecular formula is C41H26ClN3. The molecule has 8 rings (SSSR count). The van der Waals surface area contributed by atoms with E-state index in [0.29, 0.717) is 11.6 Å². The third kappa shape index (κ3) is 5.14. The highest BCUT2D eigenvalue weighted by molar-refractivity contribution is 6.28. The Kier molecular flexibility index (Phi) is 6.86. The Morgan fingerprint density at radius 1 is 0.333 bits per heavy atom. The highest BCUT2D eigenvalue weighted by Gasteiger charge is 2.14. The van der Waals surface area contributed by atoms with Crippen LogP contribution in [-0.4, -0.2) is 15.0 Å². The summed E-state index contributed by atoms with van der Waals surface area (Å²) in [6, 6.07) is 54.9. The van der Waals surface area contributed by atoms with Gasteiger partial charge in [-0.2, -0.15) is 9.97 Å². The number of hydrogen-bond donors (Lipinski definition) is 0. The standard InChI is InChI=1S/C41H26ClN3/c42-41-44-39(43-40(45-41)38-19-9-14-32-26-31(24-25-35(32)38)27-10-2-1-3-11-27)30-22-20-29(21-23-30)34-16-6-7-17-36(34)37-18-8-13-28-12-4-5-15-33(28)37/h1-26H. The van der Waals surface area contributed by atoms with Crippen LogP contribution in [0.1, 0.15) is 0 Å². The molecule has 8 aromatic rings. The van der Waals surface area contributed by atoms with Crippen LogP contribution in [0.25, 0.3) is 77.7 Å². The molecule has 0 bridgehead atoms. The van der Waals surface area contributed by atoms with E-state index in [1.165, 1.54) is 33.0 Å². The zero-order chi connectivity index (χ0) is 30.2. The minimum atomic E-state index is 0.165. The molecule has 0 aliphatic heterocycles. The fraction of sp³-hybridized carbons (Fsp3) is 0. The van der Waals surface area contributed by atoms with E-state index in [0.717, 1.165) is 33.0 Å². The molecule has 0 aliphatic rings. The molecule has 0 spiro atoms. The van der Waals surface area contributed by atoms with Gasteiger partial charge in [-0.15, -0.1) is 0 Å². The summed E-state index contributed by atoms with van der Waals surface area (Å²) in [5, 5.41) is 4.80. The Hall–Kier alpha value is -5.64. The Balaban J connectivity index is 1.16. The summed E-state index contributed by atoms with van der Waals surface area (Å²) in [5.41, 5.74) is 8.82. The molecule has 4 heteroatoms. The van der Waals surface area contributed by atoms with Crippen LogP contribution in [-0.2, 0) is 0 Å². The van der Waals surface area contributed by atoms with Gasteiger partial charge >= 0.3 is 0 Å². The maximum atomic E-state index is 6.51. The van der Waals surface area contributed by atoms with Crippen LogP contribution >= 0.6 is 11.6 Å². The molecule has 0 saturated carbocycles. The zero-order valence-electron chi connectivity index (χ0n) is 24.2.